The lowest BCUT2D eigenvalue weighted by Gasteiger charge is -2.28. The molecule has 0 fully saturated rings. The maximum Gasteiger partial charge on any atom is 0.261 e. The highest BCUT2D eigenvalue weighted by Gasteiger charge is 2.27. The van der Waals surface area contributed by atoms with Gasteiger partial charge in [-0.2, -0.15) is 0 Å². The molecule has 1 N–H and O–H groups in total. The fourth-order valence-corrected chi connectivity index (χ4v) is 2.99. The van der Waals surface area contributed by atoms with Gasteiger partial charge >= 0.3 is 0 Å². The second-order valence-corrected chi connectivity index (χ2v) is 8.25. The number of carbonyl (C=O) groups excluding carboxylic acids is 2. The Bertz CT molecular complexity index is 859. The third-order valence-corrected chi connectivity index (χ3v) is 4.90. The zero-order valence-corrected chi connectivity index (χ0v) is 18.4. The number of likely N-dealkylation sites (N-methyl/N-ethyl adjacent to an activating group) is 1. The predicted molar refractivity (Wildman–Crippen MR) is 116 cm³/mol. The molecule has 0 saturated carbocycles. The molecule has 1 atom stereocenters. The molecule has 0 aromatic heterocycles. The summed E-state index contributed by atoms with van der Waals surface area (Å²) in [6.45, 7) is 9.98. The summed E-state index contributed by atoms with van der Waals surface area (Å²) in [5, 5.41) is 2.71. The highest BCUT2D eigenvalue weighted by atomic mass is 19.1. The first-order chi connectivity index (χ1) is 14.1. The second-order valence-electron chi connectivity index (χ2n) is 8.25. The molecule has 6 heteroatoms. The van der Waals surface area contributed by atoms with Gasteiger partial charge < -0.3 is 15.0 Å². The molecule has 0 aliphatic carbocycles. The normalized spacial score (nSPS) is 12.2. The number of ether oxygens (including phenoxy) is 1. The second kappa shape index (κ2) is 10.2. The van der Waals surface area contributed by atoms with Crippen molar-refractivity contribution in [3.8, 4) is 5.75 Å². The van der Waals surface area contributed by atoms with Crippen LogP contribution in [0.5, 0.6) is 5.75 Å². The van der Waals surface area contributed by atoms with E-state index in [1.165, 1.54) is 11.0 Å². The first-order valence-electron chi connectivity index (χ1n) is 10.2. The zero-order valence-electron chi connectivity index (χ0n) is 18.4. The molecule has 0 bridgehead atoms. The topological polar surface area (TPSA) is 58.6 Å². The molecule has 0 aliphatic rings. The van der Waals surface area contributed by atoms with Crippen LogP contribution in [-0.2, 0) is 21.5 Å². The van der Waals surface area contributed by atoms with E-state index in [1.54, 1.807) is 32.0 Å². The number of carbonyl (C=O) groups is 2. The van der Waals surface area contributed by atoms with Gasteiger partial charge in [-0.05, 0) is 43.0 Å². The van der Waals surface area contributed by atoms with E-state index in [1.807, 2.05) is 24.3 Å². The lowest BCUT2D eigenvalue weighted by molar-refractivity contribution is -0.142. The van der Waals surface area contributed by atoms with Crippen molar-refractivity contribution in [3.05, 3.63) is 65.5 Å². The van der Waals surface area contributed by atoms with Crippen molar-refractivity contribution < 1.29 is 18.7 Å². The Labute approximate surface area is 178 Å². The van der Waals surface area contributed by atoms with Crippen LogP contribution >= 0.6 is 0 Å². The van der Waals surface area contributed by atoms with Crippen LogP contribution in [0.2, 0.25) is 0 Å². The summed E-state index contributed by atoms with van der Waals surface area (Å²) in [6.07, 6.45) is 0. The van der Waals surface area contributed by atoms with Crippen molar-refractivity contribution in [3.63, 3.8) is 0 Å². The van der Waals surface area contributed by atoms with Crippen LogP contribution < -0.4 is 10.1 Å². The summed E-state index contributed by atoms with van der Waals surface area (Å²) in [4.78, 5) is 26.6. The first kappa shape index (κ1) is 23.4. The highest BCUT2D eigenvalue weighted by molar-refractivity contribution is 5.87. The molecule has 5 nitrogen and oxygen atoms in total. The van der Waals surface area contributed by atoms with Crippen LogP contribution in [0.1, 0.15) is 45.7 Å². The smallest absolute Gasteiger partial charge is 0.261 e. The van der Waals surface area contributed by atoms with Gasteiger partial charge in [0.1, 0.15) is 17.6 Å². The molecule has 0 heterocycles. The predicted octanol–water partition coefficient (Wildman–Crippen LogP) is 4.06. The van der Waals surface area contributed by atoms with Crippen LogP contribution in [0.25, 0.3) is 0 Å². The summed E-state index contributed by atoms with van der Waals surface area (Å²) in [6, 6.07) is 13.0. The number of nitrogens with one attached hydrogen (secondary N) is 1. The molecule has 0 spiro atoms. The molecule has 2 amide bonds. The first-order valence-corrected chi connectivity index (χ1v) is 10.2. The Morgan fingerprint density at radius 3 is 2.30 bits per heavy atom. The average Bonchev–Trinajstić information content (AvgIpc) is 2.70. The van der Waals surface area contributed by atoms with Gasteiger partial charge in [0.2, 0.25) is 5.91 Å². The minimum Gasteiger partial charge on any atom is -0.484 e. The number of rotatable bonds is 8. The van der Waals surface area contributed by atoms with E-state index in [9.17, 15) is 14.0 Å². The Balaban J connectivity index is 2.13. The number of benzene rings is 2. The van der Waals surface area contributed by atoms with E-state index in [-0.39, 0.29) is 24.5 Å². The molecule has 2 rings (SSSR count). The minimum atomic E-state index is -0.760. The monoisotopic (exact) mass is 414 g/mol. The van der Waals surface area contributed by atoms with Gasteiger partial charge in [-0.3, -0.25) is 9.59 Å². The van der Waals surface area contributed by atoms with Gasteiger partial charge in [-0.15, -0.1) is 0 Å². The van der Waals surface area contributed by atoms with Gasteiger partial charge in [0.15, 0.2) is 6.61 Å². The summed E-state index contributed by atoms with van der Waals surface area (Å²) in [5.41, 5.74) is 1.52. The zero-order chi connectivity index (χ0) is 22.3. The quantitative estimate of drug-likeness (QED) is 0.709. The maximum absolute atomic E-state index is 14.1. The lowest BCUT2D eigenvalue weighted by Crippen LogP contribution is -2.49. The molecule has 0 unspecified atom stereocenters. The standard InChI is InChI=1S/C24H31FN2O3/c1-6-26-23(29)17(2)27(15-18-9-7-8-10-21(18)25)22(28)16-30-20-13-11-19(12-14-20)24(3,4)5/h7-14,17H,6,15-16H2,1-5H3,(H,26,29)/t17-/m1/s1. The molecule has 0 aliphatic heterocycles. The Morgan fingerprint density at radius 2 is 1.73 bits per heavy atom. The molecular weight excluding hydrogens is 383 g/mol. The number of halogens is 1. The molecule has 2 aromatic rings. The van der Waals surface area contributed by atoms with E-state index >= 15 is 0 Å². The number of hydrogen-bond acceptors (Lipinski definition) is 3. The molecule has 162 valence electrons. The largest absolute Gasteiger partial charge is 0.484 e. The Hall–Kier alpha value is -2.89. The molecule has 0 saturated heterocycles. The van der Waals surface area contributed by atoms with Crippen LogP contribution in [0.4, 0.5) is 4.39 Å². The molecule has 2 aromatic carbocycles. The summed E-state index contributed by atoms with van der Waals surface area (Å²) in [7, 11) is 0. The molecular formula is C24H31FN2O3. The van der Waals surface area contributed by atoms with Crippen LogP contribution in [-0.4, -0.2) is 35.9 Å². The van der Waals surface area contributed by atoms with Gasteiger partial charge in [-0.1, -0.05) is 51.1 Å². The summed E-state index contributed by atoms with van der Waals surface area (Å²) >= 11 is 0. The minimum absolute atomic E-state index is 0.0177. The van der Waals surface area contributed by atoms with Crippen molar-refractivity contribution >= 4 is 11.8 Å². The number of hydrogen-bond donors (Lipinski definition) is 1. The van der Waals surface area contributed by atoms with E-state index in [2.05, 4.69) is 26.1 Å². The SMILES string of the molecule is CCNC(=O)[C@@H](C)N(Cc1ccccc1F)C(=O)COc1ccc(C(C)(C)C)cc1. The fraction of sp³-hybridized carbons (Fsp3) is 0.417. The summed E-state index contributed by atoms with van der Waals surface area (Å²) in [5.74, 6) is -0.543. The average molecular weight is 415 g/mol. The third kappa shape index (κ3) is 6.31. The van der Waals surface area contributed by atoms with Gasteiger partial charge in [0, 0.05) is 18.7 Å². The Morgan fingerprint density at radius 1 is 1.10 bits per heavy atom. The fourth-order valence-electron chi connectivity index (χ4n) is 2.99. The number of amides is 2. The summed E-state index contributed by atoms with van der Waals surface area (Å²) < 4.78 is 19.8. The molecule has 0 radical (unpaired) electrons. The molecule has 30 heavy (non-hydrogen) atoms. The number of nitrogens with zero attached hydrogens (tertiary/aromatic N) is 1. The van der Waals surface area contributed by atoms with Gasteiger partial charge in [0.05, 0.1) is 0 Å². The van der Waals surface area contributed by atoms with Crippen LogP contribution in [0.15, 0.2) is 48.5 Å². The van der Waals surface area contributed by atoms with Gasteiger partial charge in [0.25, 0.3) is 5.91 Å². The van der Waals surface area contributed by atoms with E-state index in [0.29, 0.717) is 17.9 Å². The highest BCUT2D eigenvalue weighted by Crippen LogP contribution is 2.24. The van der Waals surface area contributed by atoms with Crippen molar-refractivity contribution in [1.82, 2.24) is 10.2 Å². The third-order valence-electron chi connectivity index (χ3n) is 4.90. The van der Waals surface area contributed by atoms with Crippen molar-refractivity contribution in [2.45, 2.75) is 52.6 Å². The van der Waals surface area contributed by atoms with E-state index in [4.69, 9.17) is 4.74 Å². The van der Waals surface area contributed by atoms with Crippen molar-refractivity contribution in [2.75, 3.05) is 13.2 Å². The van der Waals surface area contributed by atoms with Crippen LogP contribution in [0.3, 0.4) is 0 Å². The van der Waals surface area contributed by atoms with E-state index < -0.39 is 17.8 Å². The van der Waals surface area contributed by atoms with Crippen LogP contribution in [0, 0.1) is 5.82 Å². The van der Waals surface area contributed by atoms with Gasteiger partial charge in [-0.25, -0.2) is 4.39 Å². The maximum atomic E-state index is 14.1. The van der Waals surface area contributed by atoms with E-state index in [0.717, 1.165) is 5.56 Å². The Kier molecular flexibility index (Phi) is 7.98. The van der Waals surface area contributed by atoms with Crippen molar-refractivity contribution in [2.24, 2.45) is 0 Å². The van der Waals surface area contributed by atoms with Crippen molar-refractivity contribution in [1.29, 1.82) is 0 Å². The lowest BCUT2D eigenvalue weighted by atomic mass is 9.87.